The first-order chi connectivity index (χ1) is 24.3. The molecule has 226 valence electrons. The molecule has 1 aromatic heterocycles. The van der Waals surface area contributed by atoms with Gasteiger partial charge in [-0.3, -0.25) is 0 Å². The van der Waals surface area contributed by atoms with E-state index in [-0.39, 0.29) is 0 Å². The number of fused-ring (bicyclic) bond motifs is 17. The zero-order valence-corrected chi connectivity index (χ0v) is 27.4. The van der Waals surface area contributed by atoms with Gasteiger partial charge in [-0.1, -0.05) is 140 Å². The normalized spacial score (nSPS) is 12.1. The largest absolute Gasteiger partial charge is 0.135 e. The fourth-order valence-corrected chi connectivity index (χ4v) is 9.57. The molecule has 1 aliphatic rings. The molecule has 11 rings (SSSR count). The second kappa shape index (κ2) is 10.2. The maximum atomic E-state index is 2.50. The number of rotatable bonds is 1. The summed E-state index contributed by atoms with van der Waals surface area (Å²) in [5.41, 5.74) is 12.7. The van der Waals surface area contributed by atoms with Crippen LogP contribution in [0.25, 0.3) is 108 Å². The van der Waals surface area contributed by atoms with E-state index < -0.39 is 0 Å². The van der Waals surface area contributed by atoms with Crippen LogP contribution in [0.2, 0.25) is 0 Å². The topological polar surface area (TPSA) is 0 Å². The van der Waals surface area contributed by atoms with Crippen LogP contribution in [0.1, 0.15) is 0 Å². The summed E-state index contributed by atoms with van der Waals surface area (Å²) in [6.07, 6.45) is 0. The van der Waals surface area contributed by atoms with Gasteiger partial charge in [-0.25, -0.2) is 0 Å². The first-order valence-electron chi connectivity index (χ1n) is 16.9. The lowest BCUT2D eigenvalue weighted by Crippen LogP contribution is -1.99. The quantitative estimate of drug-likeness (QED) is 0.157. The Labute approximate surface area is 288 Å². The summed E-state index contributed by atoms with van der Waals surface area (Å²) in [6.45, 7) is 0. The SMILES string of the molecule is c1ccc2c(c1)-c1ccccc1-c1cccc(-c3ccc4sc5ccccc5c4c3)c1-c1cc3c4ccccc4c4ccccc4c3cc1-2. The zero-order chi connectivity index (χ0) is 32.1. The van der Waals surface area contributed by atoms with Gasteiger partial charge < -0.3 is 0 Å². The monoisotopic (exact) mass is 636 g/mol. The predicted molar refractivity (Wildman–Crippen MR) is 213 cm³/mol. The molecule has 0 spiro atoms. The summed E-state index contributed by atoms with van der Waals surface area (Å²) >= 11 is 1.88. The van der Waals surface area contributed by atoms with Crippen molar-refractivity contribution in [2.45, 2.75) is 0 Å². The molecule has 0 saturated carbocycles. The molecule has 0 N–H and O–H groups in total. The van der Waals surface area contributed by atoms with Crippen LogP contribution in [0.15, 0.2) is 170 Å². The molecule has 1 aliphatic carbocycles. The van der Waals surface area contributed by atoms with E-state index in [1.54, 1.807) is 0 Å². The molecule has 0 fully saturated rings. The summed E-state index contributed by atoms with van der Waals surface area (Å²) in [5, 5.41) is 10.4. The molecule has 9 aromatic carbocycles. The van der Waals surface area contributed by atoms with E-state index in [0.717, 1.165) is 0 Å². The third kappa shape index (κ3) is 3.85. The highest BCUT2D eigenvalue weighted by Gasteiger charge is 2.25. The van der Waals surface area contributed by atoms with Crippen LogP contribution in [0.5, 0.6) is 0 Å². The van der Waals surface area contributed by atoms with Crippen molar-refractivity contribution in [2.24, 2.45) is 0 Å². The van der Waals surface area contributed by atoms with Crippen molar-refractivity contribution in [3.05, 3.63) is 170 Å². The summed E-state index contributed by atoms with van der Waals surface area (Å²) < 4.78 is 2.66. The Morgan fingerprint density at radius 3 is 1.35 bits per heavy atom. The van der Waals surface area contributed by atoms with Gasteiger partial charge in [0.2, 0.25) is 0 Å². The van der Waals surface area contributed by atoms with Gasteiger partial charge in [0.15, 0.2) is 0 Å². The van der Waals surface area contributed by atoms with Crippen LogP contribution >= 0.6 is 11.3 Å². The first-order valence-corrected chi connectivity index (χ1v) is 17.7. The fraction of sp³-hybridized carbons (Fsp3) is 0. The van der Waals surface area contributed by atoms with Crippen LogP contribution in [0, 0.1) is 0 Å². The minimum absolute atomic E-state index is 1.24. The highest BCUT2D eigenvalue weighted by atomic mass is 32.1. The Hall–Kier alpha value is -6.02. The van der Waals surface area contributed by atoms with E-state index in [0.29, 0.717) is 0 Å². The molecule has 0 radical (unpaired) electrons. The van der Waals surface area contributed by atoms with Gasteiger partial charge in [-0.15, -0.1) is 11.3 Å². The Bertz CT molecular complexity index is 2990. The van der Waals surface area contributed by atoms with Gasteiger partial charge >= 0.3 is 0 Å². The molecule has 0 atom stereocenters. The Kier molecular flexibility index (Phi) is 5.64. The molecule has 0 bridgehead atoms. The minimum atomic E-state index is 1.24. The van der Waals surface area contributed by atoms with Crippen molar-refractivity contribution in [1.29, 1.82) is 0 Å². The molecule has 49 heavy (non-hydrogen) atoms. The lowest BCUT2D eigenvalue weighted by molar-refractivity contribution is 1.53. The molecule has 0 nitrogen and oxygen atoms in total. The van der Waals surface area contributed by atoms with Gasteiger partial charge in [0.05, 0.1) is 0 Å². The van der Waals surface area contributed by atoms with Crippen LogP contribution in [-0.4, -0.2) is 0 Å². The summed E-state index contributed by atoms with van der Waals surface area (Å²) in [6, 6.07) is 63.5. The molecule has 1 heterocycles. The second-order valence-corrected chi connectivity index (χ2v) is 14.2. The molecule has 0 unspecified atom stereocenters. The lowest BCUT2D eigenvalue weighted by atomic mass is 9.77. The predicted octanol–water partition coefficient (Wildman–Crippen LogP) is 14.2. The number of hydrogen-bond acceptors (Lipinski definition) is 1. The Morgan fingerprint density at radius 1 is 0.245 bits per heavy atom. The van der Waals surface area contributed by atoms with Gasteiger partial charge in [0, 0.05) is 20.2 Å². The van der Waals surface area contributed by atoms with Gasteiger partial charge in [-0.05, 0) is 118 Å². The molecule has 0 amide bonds. The fourth-order valence-electron chi connectivity index (χ4n) is 8.49. The maximum absolute atomic E-state index is 2.50. The number of benzene rings is 9. The molecular formula is C48H28S. The summed E-state index contributed by atoms with van der Waals surface area (Å²) in [7, 11) is 0. The molecule has 0 aliphatic heterocycles. The van der Waals surface area contributed by atoms with E-state index in [1.165, 1.54) is 108 Å². The Morgan fingerprint density at radius 2 is 0.694 bits per heavy atom. The van der Waals surface area contributed by atoms with Crippen molar-refractivity contribution < 1.29 is 0 Å². The van der Waals surface area contributed by atoms with E-state index in [2.05, 4.69) is 170 Å². The van der Waals surface area contributed by atoms with Crippen molar-refractivity contribution in [3.63, 3.8) is 0 Å². The van der Waals surface area contributed by atoms with E-state index in [1.807, 2.05) is 11.3 Å². The summed E-state index contributed by atoms with van der Waals surface area (Å²) in [4.78, 5) is 0. The lowest BCUT2D eigenvalue weighted by Gasteiger charge is -2.26. The smallest absolute Gasteiger partial charge is 0.0355 e. The van der Waals surface area contributed by atoms with E-state index in [4.69, 9.17) is 0 Å². The van der Waals surface area contributed by atoms with Crippen molar-refractivity contribution in [2.75, 3.05) is 0 Å². The third-order valence-electron chi connectivity index (χ3n) is 10.6. The summed E-state index contributed by atoms with van der Waals surface area (Å²) in [5.74, 6) is 0. The van der Waals surface area contributed by atoms with Crippen LogP contribution < -0.4 is 0 Å². The first kappa shape index (κ1) is 27.0. The minimum Gasteiger partial charge on any atom is -0.135 e. The average molecular weight is 637 g/mol. The highest BCUT2D eigenvalue weighted by Crippen LogP contribution is 2.53. The Balaban J connectivity index is 1.33. The van der Waals surface area contributed by atoms with Crippen molar-refractivity contribution in [3.8, 4) is 55.6 Å². The van der Waals surface area contributed by atoms with E-state index >= 15 is 0 Å². The standard InChI is InChI=1S/C48H28S/c1-5-16-35-31(12-1)32-13-4-8-19-38(32)43-27-41-36-17-6-2-14-33(36)34-15-3-7-18-37(34)42(41)28-45(43)48-30(21-11-22-40(35)48)29-24-25-47-44(26-29)39-20-9-10-23-46(39)49-47/h1-28H. The number of hydrogen-bond donors (Lipinski definition) is 0. The highest BCUT2D eigenvalue weighted by molar-refractivity contribution is 7.25. The van der Waals surface area contributed by atoms with Gasteiger partial charge in [0.25, 0.3) is 0 Å². The van der Waals surface area contributed by atoms with Gasteiger partial charge in [-0.2, -0.15) is 0 Å². The molecule has 10 aromatic rings. The van der Waals surface area contributed by atoms with Crippen LogP contribution in [-0.2, 0) is 0 Å². The van der Waals surface area contributed by atoms with Crippen LogP contribution in [0.4, 0.5) is 0 Å². The zero-order valence-electron chi connectivity index (χ0n) is 26.6. The molecular weight excluding hydrogens is 609 g/mol. The number of thiophene rings is 1. The van der Waals surface area contributed by atoms with Crippen molar-refractivity contribution in [1.82, 2.24) is 0 Å². The van der Waals surface area contributed by atoms with Gasteiger partial charge in [0.1, 0.15) is 0 Å². The van der Waals surface area contributed by atoms with Crippen molar-refractivity contribution >= 4 is 63.8 Å². The molecule has 0 saturated heterocycles. The molecule has 1 heteroatoms. The maximum Gasteiger partial charge on any atom is 0.0355 e. The average Bonchev–Trinajstić information content (AvgIpc) is 3.55. The third-order valence-corrected chi connectivity index (χ3v) is 11.8. The second-order valence-electron chi connectivity index (χ2n) is 13.2. The van der Waals surface area contributed by atoms with Crippen LogP contribution in [0.3, 0.4) is 0 Å². The van der Waals surface area contributed by atoms with E-state index in [9.17, 15) is 0 Å².